The Balaban J connectivity index is 2.64. The van der Waals surface area contributed by atoms with Gasteiger partial charge in [0.25, 0.3) is 0 Å². The van der Waals surface area contributed by atoms with Gasteiger partial charge < -0.3 is 10.7 Å². The minimum Gasteiger partial charge on any atom is -0.362 e. The zero-order chi connectivity index (χ0) is 15.1. The number of hydrogen-bond donors (Lipinski definition) is 2. The Labute approximate surface area is 117 Å². The van der Waals surface area contributed by atoms with Crippen LogP contribution in [0.25, 0.3) is 0 Å². The molecule has 0 fully saturated rings. The van der Waals surface area contributed by atoms with Gasteiger partial charge in [0.15, 0.2) is 0 Å². The first-order chi connectivity index (χ1) is 9.42. The summed E-state index contributed by atoms with van der Waals surface area (Å²) in [4.78, 5) is 2.51. The first kappa shape index (κ1) is 16.6. The predicted octanol–water partition coefficient (Wildman–Crippen LogP) is 4.09. The van der Waals surface area contributed by atoms with Crippen LogP contribution in [0.1, 0.15) is 51.1 Å². The summed E-state index contributed by atoms with van der Waals surface area (Å²) in [6.45, 7) is 2.11. The maximum atomic E-state index is 13.1. The molecule has 0 saturated heterocycles. The van der Waals surface area contributed by atoms with Crippen LogP contribution in [0.5, 0.6) is 0 Å². The molecule has 0 saturated carbocycles. The molecular formula is C15H21F3N2. The second-order valence-corrected chi connectivity index (χ2v) is 4.86. The van der Waals surface area contributed by atoms with Gasteiger partial charge in [0.2, 0.25) is 5.54 Å². The minimum absolute atomic E-state index is 0.122. The number of aromatic amines is 1. The molecule has 112 valence electrons. The molecule has 0 radical (unpaired) electrons. The topological polar surface area (TPSA) is 41.8 Å². The monoisotopic (exact) mass is 286 g/mol. The van der Waals surface area contributed by atoms with Gasteiger partial charge in [-0.2, -0.15) is 13.2 Å². The largest absolute Gasteiger partial charge is 0.423 e. The number of nitrogens with two attached hydrogens (primary N) is 1. The molecule has 0 aliphatic carbocycles. The van der Waals surface area contributed by atoms with Crippen molar-refractivity contribution in [3.05, 3.63) is 24.0 Å². The van der Waals surface area contributed by atoms with Crippen molar-refractivity contribution in [2.24, 2.45) is 5.73 Å². The van der Waals surface area contributed by atoms with Crippen molar-refractivity contribution in [3.63, 3.8) is 0 Å². The van der Waals surface area contributed by atoms with E-state index in [4.69, 9.17) is 5.73 Å². The van der Waals surface area contributed by atoms with Crippen molar-refractivity contribution in [1.29, 1.82) is 0 Å². The average molecular weight is 286 g/mol. The summed E-state index contributed by atoms with van der Waals surface area (Å²) in [5.74, 6) is 4.78. The normalized spacial score (nSPS) is 14.4. The SMILES string of the molecule is CCCCCCCC#C[C@@](N)(c1ccc[nH]1)C(F)(F)F. The third-order valence-electron chi connectivity index (χ3n) is 3.16. The highest BCUT2D eigenvalue weighted by Crippen LogP contribution is 2.35. The highest BCUT2D eigenvalue weighted by atomic mass is 19.4. The van der Waals surface area contributed by atoms with Crippen molar-refractivity contribution in [3.8, 4) is 11.8 Å². The molecule has 0 aliphatic heterocycles. The predicted molar refractivity (Wildman–Crippen MR) is 73.9 cm³/mol. The molecule has 2 nitrogen and oxygen atoms in total. The van der Waals surface area contributed by atoms with E-state index in [9.17, 15) is 13.2 Å². The molecule has 1 rings (SSSR count). The fourth-order valence-electron chi connectivity index (χ4n) is 1.89. The van der Waals surface area contributed by atoms with E-state index in [1.165, 1.54) is 18.3 Å². The second kappa shape index (κ2) is 7.39. The maximum Gasteiger partial charge on any atom is 0.423 e. The standard InChI is InChI=1S/C15H21F3N2/c1-2-3-4-5-6-7-8-11-14(19,15(16,17)18)13-10-9-12-20-13/h9-10,12,20H,2-7,19H2,1H3/t14-/m1/s1. The summed E-state index contributed by atoms with van der Waals surface area (Å²) in [7, 11) is 0. The zero-order valence-electron chi connectivity index (χ0n) is 11.7. The molecule has 3 N–H and O–H groups in total. The smallest absolute Gasteiger partial charge is 0.362 e. The van der Waals surface area contributed by atoms with Gasteiger partial charge in [-0.15, -0.1) is 5.92 Å². The van der Waals surface area contributed by atoms with E-state index in [1.807, 2.05) is 0 Å². The molecule has 0 aliphatic rings. The molecule has 1 heterocycles. The molecule has 0 amide bonds. The zero-order valence-corrected chi connectivity index (χ0v) is 11.7. The Morgan fingerprint density at radius 3 is 2.45 bits per heavy atom. The summed E-state index contributed by atoms with van der Waals surface area (Å²) in [6, 6.07) is 2.79. The molecule has 0 bridgehead atoms. The van der Waals surface area contributed by atoms with Crippen LogP contribution in [0.2, 0.25) is 0 Å². The summed E-state index contributed by atoms with van der Waals surface area (Å²) >= 11 is 0. The van der Waals surface area contributed by atoms with Crippen molar-refractivity contribution in [2.75, 3.05) is 0 Å². The lowest BCUT2D eigenvalue weighted by Crippen LogP contribution is -2.49. The van der Waals surface area contributed by atoms with Gasteiger partial charge in [0.05, 0.1) is 5.69 Å². The van der Waals surface area contributed by atoms with E-state index >= 15 is 0 Å². The van der Waals surface area contributed by atoms with Gasteiger partial charge in [-0.3, -0.25) is 0 Å². The van der Waals surface area contributed by atoms with E-state index in [0.717, 1.165) is 32.1 Å². The quantitative estimate of drug-likeness (QED) is 0.600. The third kappa shape index (κ3) is 4.31. The lowest BCUT2D eigenvalue weighted by atomic mass is 9.96. The number of H-pyrrole nitrogens is 1. The van der Waals surface area contributed by atoms with Crippen LogP contribution in [0.4, 0.5) is 13.2 Å². The van der Waals surface area contributed by atoms with Gasteiger partial charge in [0.1, 0.15) is 0 Å². The van der Waals surface area contributed by atoms with Crippen molar-refractivity contribution in [1.82, 2.24) is 4.98 Å². The van der Waals surface area contributed by atoms with E-state index < -0.39 is 11.7 Å². The lowest BCUT2D eigenvalue weighted by molar-refractivity contribution is -0.172. The summed E-state index contributed by atoms with van der Waals surface area (Å²) in [5.41, 5.74) is 2.74. The summed E-state index contributed by atoms with van der Waals surface area (Å²) < 4.78 is 39.3. The van der Waals surface area contributed by atoms with Gasteiger partial charge >= 0.3 is 6.18 Å². The molecule has 0 unspecified atom stereocenters. The molecule has 1 aromatic rings. The molecule has 1 atom stereocenters. The minimum atomic E-state index is -4.60. The number of alkyl halides is 3. The Kier molecular flexibility index (Phi) is 6.15. The lowest BCUT2D eigenvalue weighted by Gasteiger charge is -2.25. The number of halogens is 3. The fraction of sp³-hybridized carbons (Fsp3) is 0.600. The number of hydrogen-bond acceptors (Lipinski definition) is 1. The Hall–Kier alpha value is -1.41. The first-order valence-electron chi connectivity index (χ1n) is 6.91. The van der Waals surface area contributed by atoms with Crippen LogP contribution in [-0.4, -0.2) is 11.2 Å². The maximum absolute atomic E-state index is 13.1. The van der Waals surface area contributed by atoms with E-state index in [2.05, 4.69) is 23.7 Å². The molecular weight excluding hydrogens is 265 g/mol. The fourth-order valence-corrected chi connectivity index (χ4v) is 1.89. The number of unbranched alkanes of at least 4 members (excludes halogenated alkanes) is 5. The van der Waals surface area contributed by atoms with Crippen LogP contribution in [0, 0.1) is 11.8 Å². The Morgan fingerprint density at radius 2 is 1.90 bits per heavy atom. The number of nitrogens with one attached hydrogen (secondary N) is 1. The Bertz CT molecular complexity index is 440. The van der Waals surface area contributed by atoms with Crippen molar-refractivity contribution >= 4 is 0 Å². The van der Waals surface area contributed by atoms with Gasteiger partial charge in [-0.05, 0) is 18.6 Å². The van der Waals surface area contributed by atoms with Crippen molar-refractivity contribution < 1.29 is 13.2 Å². The average Bonchev–Trinajstić information content (AvgIpc) is 2.90. The van der Waals surface area contributed by atoms with Crippen LogP contribution >= 0.6 is 0 Å². The van der Waals surface area contributed by atoms with E-state index in [1.54, 1.807) is 0 Å². The second-order valence-electron chi connectivity index (χ2n) is 4.86. The number of aromatic nitrogens is 1. The Morgan fingerprint density at radius 1 is 1.20 bits per heavy atom. The molecule has 0 spiro atoms. The van der Waals surface area contributed by atoms with Crippen LogP contribution < -0.4 is 5.73 Å². The van der Waals surface area contributed by atoms with E-state index in [-0.39, 0.29) is 5.69 Å². The van der Waals surface area contributed by atoms with Gasteiger partial charge in [-0.1, -0.05) is 38.5 Å². The van der Waals surface area contributed by atoms with E-state index in [0.29, 0.717) is 6.42 Å². The van der Waals surface area contributed by atoms with Gasteiger partial charge in [0, 0.05) is 12.6 Å². The van der Waals surface area contributed by atoms with Crippen LogP contribution in [-0.2, 0) is 5.54 Å². The number of rotatable bonds is 6. The highest BCUT2D eigenvalue weighted by molar-refractivity contribution is 5.31. The highest BCUT2D eigenvalue weighted by Gasteiger charge is 2.53. The third-order valence-corrected chi connectivity index (χ3v) is 3.16. The van der Waals surface area contributed by atoms with Gasteiger partial charge in [-0.25, -0.2) is 0 Å². The molecule has 20 heavy (non-hydrogen) atoms. The summed E-state index contributed by atoms with van der Waals surface area (Å²) in [6.07, 6.45) is 2.45. The molecule has 5 heteroatoms. The van der Waals surface area contributed by atoms with Crippen molar-refractivity contribution in [2.45, 2.75) is 57.2 Å². The summed E-state index contributed by atoms with van der Waals surface area (Å²) in [5, 5.41) is 0. The molecule has 0 aromatic carbocycles. The van der Waals surface area contributed by atoms with Crippen LogP contribution in [0.3, 0.4) is 0 Å². The molecule has 1 aromatic heterocycles. The first-order valence-corrected chi connectivity index (χ1v) is 6.91. The van der Waals surface area contributed by atoms with Crippen LogP contribution in [0.15, 0.2) is 18.3 Å².